The maximum Gasteiger partial charge on any atom is 0.138 e. The first kappa shape index (κ1) is 16.6. The first-order valence-electron chi connectivity index (χ1n) is 7.18. The number of hydrogen-bond donors (Lipinski definition) is 1. The lowest BCUT2D eigenvalue weighted by Crippen LogP contribution is -2.24. The van der Waals surface area contributed by atoms with Crippen molar-refractivity contribution >= 4 is 17.3 Å². The van der Waals surface area contributed by atoms with Crippen LogP contribution in [0.3, 0.4) is 0 Å². The fourth-order valence-corrected chi connectivity index (χ4v) is 2.73. The van der Waals surface area contributed by atoms with Gasteiger partial charge < -0.3 is 10.0 Å². The van der Waals surface area contributed by atoms with Crippen molar-refractivity contribution in [3.8, 4) is 0 Å². The standard InChI is InChI=1S/C18H13ClF3NO/c19-13-10-23(9-11-4-2-1-3-5-11)16(8-17(13)24)18-14(21)6-12(20)7-15(18)22/h1-8,10,17,24H,9H2. The highest BCUT2D eigenvalue weighted by atomic mass is 35.5. The monoisotopic (exact) mass is 351 g/mol. The van der Waals surface area contributed by atoms with Crippen molar-refractivity contribution in [1.29, 1.82) is 0 Å². The van der Waals surface area contributed by atoms with Crippen molar-refractivity contribution in [3.05, 3.63) is 88.4 Å². The zero-order chi connectivity index (χ0) is 17.3. The van der Waals surface area contributed by atoms with E-state index in [1.807, 2.05) is 30.3 Å². The zero-order valence-electron chi connectivity index (χ0n) is 12.4. The van der Waals surface area contributed by atoms with Gasteiger partial charge in [0.15, 0.2) is 0 Å². The van der Waals surface area contributed by atoms with Crippen LogP contribution < -0.4 is 0 Å². The highest BCUT2D eigenvalue weighted by molar-refractivity contribution is 6.30. The second kappa shape index (κ2) is 6.71. The van der Waals surface area contributed by atoms with Gasteiger partial charge in [-0.3, -0.25) is 0 Å². The number of halogens is 4. The van der Waals surface area contributed by atoms with Crippen molar-refractivity contribution < 1.29 is 18.3 Å². The maximum atomic E-state index is 14.1. The normalized spacial score (nSPS) is 17.5. The Morgan fingerprint density at radius 3 is 2.29 bits per heavy atom. The van der Waals surface area contributed by atoms with Crippen LogP contribution in [0.5, 0.6) is 0 Å². The van der Waals surface area contributed by atoms with E-state index in [-0.39, 0.29) is 17.3 Å². The largest absolute Gasteiger partial charge is 0.383 e. The molecule has 0 saturated carbocycles. The number of aliphatic hydroxyl groups is 1. The third kappa shape index (κ3) is 3.32. The molecule has 1 heterocycles. The predicted molar refractivity (Wildman–Crippen MR) is 86.2 cm³/mol. The fourth-order valence-electron chi connectivity index (χ4n) is 2.54. The summed E-state index contributed by atoms with van der Waals surface area (Å²) in [4.78, 5) is 1.52. The number of nitrogens with zero attached hydrogens (tertiary/aromatic N) is 1. The molecule has 1 unspecified atom stereocenters. The van der Waals surface area contributed by atoms with E-state index >= 15 is 0 Å². The smallest absolute Gasteiger partial charge is 0.138 e. The van der Waals surface area contributed by atoms with Gasteiger partial charge in [-0.2, -0.15) is 0 Å². The Bertz CT molecular complexity index is 797. The molecule has 2 nitrogen and oxygen atoms in total. The van der Waals surface area contributed by atoms with E-state index in [0.29, 0.717) is 12.1 Å². The van der Waals surface area contributed by atoms with Gasteiger partial charge in [-0.1, -0.05) is 41.9 Å². The van der Waals surface area contributed by atoms with Crippen molar-refractivity contribution in [2.45, 2.75) is 12.6 Å². The molecule has 24 heavy (non-hydrogen) atoms. The van der Waals surface area contributed by atoms with E-state index in [1.165, 1.54) is 17.2 Å². The Hall–Kier alpha value is -2.24. The average molecular weight is 352 g/mol. The van der Waals surface area contributed by atoms with Crippen molar-refractivity contribution in [2.75, 3.05) is 0 Å². The first-order chi connectivity index (χ1) is 11.5. The third-order valence-corrected chi connectivity index (χ3v) is 3.97. The summed E-state index contributed by atoms with van der Waals surface area (Å²) in [6.45, 7) is 0.284. The highest BCUT2D eigenvalue weighted by Gasteiger charge is 2.25. The first-order valence-corrected chi connectivity index (χ1v) is 7.56. The Morgan fingerprint density at radius 1 is 1.04 bits per heavy atom. The summed E-state index contributed by atoms with van der Waals surface area (Å²) in [5.41, 5.74) is 0.556. The number of rotatable bonds is 3. The van der Waals surface area contributed by atoms with Gasteiger partial charge in [0.25, 0.3) is 0 Å². The van der Waals surface area contributed by atoms with Gasteiger partial charge in [-0.05, 0) is 11.6 Å². The predicted octanol–water partition coefficient (Wildman–Crippen LogP) is 4.40. The van der Waals surface area contributed by atoms with Gasteiger partial charge >= 0.3 is 0 Å². The molecule has 0 bridgehead atoms. The van der Waals surface area contributed by atoms with Crippen LogP contribution in [0.4, 0.5) is 13.2 Å². The van der Waals surface area contributed by atoms with Crippen LogP contribution in [0.15, 0.2) is 59.8 Å². The molecule has 3 rings (SSSR count). The molecule has 6 heteroatoms. The van der Waals surface area contributed by atoms with Crippen LogP contribution in [0, 0.1) is 17.5 Å². The van der Waals surface area contributed by atoms with Crippen LogP contribution in [0.1, 0.15) is 11.1 Å². The molecule has 2 aromatic carbocycles. The molecule has 0 saturated heterocycles. The average Bonchev–Trinajstić information content (AvgIpc) is 2.52. The van der Waals surface area contributed by atoms with Gasteiger partial charge in [-0.25, -0.2) is 13.2 Å². The zero-order valence-corrected chi connectivity index (χ0v) is 13.1. The number of hydrogen-bond acceptors (Lipinski definition) is 2. The molecule has 1 aliphatic heterocycles. The molecule has 1 N–H and O–H groups in total. The number of aliphatic hydroxyl groups excluding tert-OH is 1. The molecule has 0 aliphatic carbocycles. The van der Waals surface area contributed by atoms with Crippen LogP contribution >= 0.6 is 11.6 Å². The van der Waals surface area contributed by atoms with Crippen molar-refractivity contribution in [3.63, 3.8) is 0 Å². The van der Waals surface area contributed by atoms with Gasteiger partial charge in [0.1, 0.15) is 23.6 Å². The summed E-state index contributed by atoms with van der Waals surface area (Å²) < 4.78 is 41.5. The molecule has 0 spiro atoms. The van der Waals surface area contributed by atoms with Crippen LogP contribution in [0.25, 0.3) is 5.70 Å². The number of benzene rings is 2. The lowest BCUT2D eigenvalue weighted by atomic mass is 10.0. The molecule has 124 valence electrons. The molecule has 1 atom stereocenters. The minimum atomic E-state index is -1.18. The molecule has 0 fully saturated rings. The Balaban J connectivity index is 2.05. The van der Waals surface area contributed by atoms with Gasteiger partial charge in [0.2, 0.25) is 0 Å². The molecule has 1 aliphatic rings. The van der Waals surface area contributed by atoms with Gasteiger partial charge in [0, 0.05) is 24.9 Å². The third-order valence-electron chi connectivity index (χ3n) is 3.65. The minimum absolute atomic E-state index is 0.0887. The summed E-state index contributed by atoms with van der Waals surface area (Å²) in [6.07, 6.45) is 1.47. The maximum absolute atomic E-state index is 14.1. The van der Waals surface area contributed by atoms with Crippen molar-refractivity contribution in [1.82, 2.24) is 4.90 Å². The summed E-state index contributed by atoms with van der Waals surface area (Å²) >= 11 is 5.96. The van der Waals surface area contributed by atoms with Crippen LogP contribution in [-0.2, 0) is 6.54 Å². The molecule has 0 radical (unpaired) electrons. The molecule has 0 amide bonds. The second-order valence-corrected chi connectivity index (χ2v) is 5.81. The SMILES string of the molecule is OC1C=C(c2c(F)cc(F)cc2F)N(Cc2ccccc2)C=C1Cl. The van der Waals surface area contributed by atoms with Crippen LogP contribution in [-0.4, -0.2) is 16.1 Å². The van der Waals surface area contributed by atoms with E-state index < -0.39 is 29.1 Å². The summed E-state index contributed by atoms with van der Waals surface area (Å²) in [5, 5.41) is 10.0. The summed E-state index contributed by atoms with van der Waals surface area (Å²) in [6, 6.07) is 10.4. The van der Waals surface area contributed by atoms with Crippen molar-refractivity contribution in [2.24, 2.45) is 0 Å². The molecular formula is C18H13ClF3NO. The van der Waals surface area contributed by atoms with E-state index in [0.717, 1.165) is 5.56 Å². The second-order valence-electron chi connectivity index (χ2n) is 5.37. The fraction of sp³-hybridized carbons (Fsp3) is 0.111. The highest BCUT2D eigenvalue weighted by Crippen LogP contribution is 2.33. The van der Waals surface area contributed by atoms with Gasteiger partial charge in [0.05, 0.1) is 16.3 Å². The van der Waals surface area contributed by atoms with E-state index in [1.54, 1.807) is 0 Å². The Morgan fingerprint density at radius 2 is 1.67 bits per heavy atom. The molecule has 0 aromatic heterocycles. The quantitative estimate of drug-likeness (QED) is 0.886. The molecular weight excluding hydrogens is 339 g/mol. The lowest BCUT2D eigenvalue weighted by molar-refractivity contribution is 0.259. The Labute approximate surface area is 142 Å². The summed E-state index contributed by atoms with van der Waals surface area (Å²) in [7, 11) is 0. The van der Waals surface area contributed by atoms with E-state index in [9.17, 15) is 18.3 Å². The van der Waals surface area contributed by atoms with Crippen LogP contribution in [0.2, 0.25) is 0 Å². The molecule has 2 aromatic rings. The summed E-state index contributed by atoms with van der Waals surface area (Å²) in [5.74, 6) is -3.10. The Kier molecular flexibility index (Phi) is 4.64. The lowest BCUT2D eigenvalue weighted by Gasteiger charge is -2.30. The topological polar surface area (TPSA) is 23.5 Å². The van der Waals surface area contributed by atoms with E-state index in [4.69, 9.17) is 11.6 Å². The minimum Gasteiger partial charge on any atom is -0.383 e. The van der Waals surface area contributed by atoms with Gasteiger partial charge in [-0.15, -0.1) is 0 Å². The van der Waals surface area contributed by atoms with E-state index in [2.05, 4.69) is 0 Å².